The number of ether oxygens (including phenoxy) is 1. The summed E-state index contributed by atoms with van der Waals surface area (Å²) >= 11 is 0. The highest BCUT2D eigenvalue weighted by molar-refractivity contribution is 5.92. The first kappa shape index (κ1) is 18.5. The van der Waals surface area contributed by atoms with E-state index in [2.05, 4.69) is 10.1 Å². The lowest BCUT2D eigenvalue weighted by molar-refractivity contribution is -0.130. The van der Waals surface area contributed by atoms with Gasteiger partial charge in [-0.05, 0) is 30.3 Å². The van der Waals surface area contributed by atoms with Gasteiger partial charge in [0.2, 0.25) is 5.91 Å². The molecule has 1 fully saturated rings. The zero-order chi connectivity index (χ0) is 19.2. The molecule has 0 aliphatic carbocycles. The zero-order valence-electron chi connectivity index (χ0n) is 15.0. The smallest absolute Gasteiger partial charge is 0.337 e. The molecule has 0 atom stereocenters. The van der Waals surface area contributed by atoms with E-state index in [1.54, 1.807) is 46.2 Å². The van der Waals surface area contributed by atoms with Gasteiger partial charge in [0.25, 0.3) is 5.91 Å². The van der Waals surface area contributed by atoms with E-state index in [9.17, 15) is 14.4 Å². The molecule has 0 unspecified atom stereocenters. The van der Waals surface area contributed by atoms with Gasteiger partial charge in [-0.2, -0.15) is 0 Å². The van der Waals surface area contributed by atoms with E-state index in [-0.39, 0.29) is 18.4 Å². The lowest BCUT2D eigenvalue weighted by atomic mass is 10.2. The minimum absolute atomic E-state index is 0.0661. The molecule has 2 aromatic rings. The van der Waals surface area contributed by atoms with E-state index >= 15 is 0 Å². The van der Waals surface area contributed by atoms with E-state index in [0.717, 1.165) is 0 Å². The number of hydrogen-bond acceptors (Lipinski definition) is 6. The van der Waals surface area contributed by atoms with Gasteiger partial charge in [0.15, 0.2) is 5.76 Å². The lowest BCUT2D eigenvalue weighted by Crippen LogP contribution is -2.51. The van der Waals surface area contributed by atoms with Crippen molar-refractivity contribution in [3.05, 3.63) is 54.0 Å². The van der Waals surface area contributed by atoms with Gasteiger partial charge in [-0.15, -0.1) is 0 Å². The summed E-state index contributed by atoms with van der Waals surface area (Å²) in [6.07, 6.45) is 1.47. The predicted octanol–water partition coefficient (Wildman–Crippen LogP) is 1.46. The Balaban J connectivity index is 1.49. The number of carbonyl (C=O) groups is 3. The van der Waals surface area contributed by atoms with Crippen LogP contribution in [-0.2, 0) is 9.53 Å². The third-order valence-corrected chi connectivity index (χ3v) is 4.38. The van der Waals surface area contributed by atoms with Gasteiger partial charge in [0, 0.05) is 31.9 Å². The molecule has 2 heterocycles. The number of amides is 2. The number of nitrogens with zero attached hydrogens (tertiary/aromatic N) is 2. The number of piperazine rings is 1. The molecule has 142 valence electrons. The summed E-state index contributed by atoms with van der Waals surface area (Å²) in [5, 5.41) is 3.02. The molecule has 3 rings (SSSR count). The number of hydrogen-bond donors (Lipinski definition) is 1. The highest BCUT2D eigenvalue weighted by atomic mass is 16.5. The van der Waals surface area contributed by atoms with Gasteiger partial charge in [0.05, 0.1) is 25.5 Å². The number of nitrogens with one attached hydrogen (secondary N) is 1. The Bertz CT molecular complexity index is 811. The van der Waals surface area contributed by atoms with Gasteiger partial charge in [-0.3, -0.25) is 9.59 Å². The Morgan fingerprint density at radius 2 is 1.81 bits per heavy atom. The van der Waals surface area contributed by atoms with Crippen molar-refractivity contribution >= 4 is 23.5 Å². The summed E-state index contributed by atoms with van der Waals surface area (Å²) in [6.45, 7) is 1.97. The van der Waals surface area contributed by atoms with Gasteiger partial charge in [-0.1, -0.05) is 6.07 Å². The molecule has 1 aliphatic heterocycles. The van der Waals surface area contributed by atoms with Crippen LogP contribution < -0.4 is 5.32 Å². The zero-order valence-corrected chi connectivity index (χ0v) is 15.0. The summed E-state index contributed by atoms with van der Waals surface area (Å²) in [4.78, 5) is 39.6. The number of benzene rings is 1. The molecule has 8 heteroatoms. The number of carbonyl (C=O) groups excluding carboxylic acids is 3. The van der Waals surface area contributed by atoms with Crippen LogP contribution in [-0.4, -0.2) is 67.4 Å². The molecule has 8 nitrogen and oxygen atoms in total. The maximum atomic E-state index is 12.4. The molecule has 1 aliphatic rings. The number of furan rings is 1. The van der Waals surface area contributed by atoms with E-state index in [1.165, 1.54) is 13.4 Å². The number of methoxy groups -OCH3 is 1. The Morgan fingerprint density at radius 1 is 1.07 bits per heavy atom. The third-order valence-electron chi connectivity index (χ3n) is 4.38. The number of rotatable bonds is 5. The second kappa shape index (κ2) is 8.39. The summed E-state index contributed by atoms with van der Waals surface area (Å²) < 4.78 is 9.82. The maximum absolute atomic E-state index is 12.4. The first-order valence-electron chi connectivity index (χ1n) is 8.61. The molecular weight excluding hydrogens is 350 g/mol. The first-order valence-corrected chi connectivity index (χ1v) is 8.61. The van der Waals surface area contributed by atoms with Crippen LogP contribution in [0.2, 0.25) is 0 Å². The highest BCUT2D eigenvalue weighted by Crippen LogP contribution is 2.13. The second-order valence-corrected chi connectivity index (χ2v) is 6.08. The molecule has 0 radical (unpaired) electrons. The van der Waals surface area contributed by atoms with Crippen LogP contribution in [0.15, 0.2) is 47.1 Å². The minimum atomic E-state index is -0.428. The quantitative estimate of drug-likeness (QED) is 0.800. The predicted molar refractivity (Wildman–Crippen MR) is 97.5 cm³/mol. The largest absolute Gasteiger partial charge is 0.465 e. The average molecular weight is 371 g/mol. The van der Waals surface area contributed by atoms with E-state index in [1.807, 2.05) is 0 Å². The molecule has 2 amide bonds. The maximum Gasteiger partial charge on any atom is 0.337 e. The molecular formula is C19H21N3O5. The monoisotopic (exact) mass is 371 g/mol. The first-order chi connectivity index (χ1) is 13.1. The van der Waals surface area contributed by atoms with Gasteiger partial charge in [-0.25, -0.2) is 4.79 Å². The third kappa shape index (κ3) is 4.46. The average Bonchev–Trinajstić information content (AvgIpc) is 3.26. The topological polar surface area (TPSA) is 92.1 Å². The number of anilines is 1. The normalized spacial score (nSPS) is 14.0. The molecule has 0 spiro atoms. The molecule has 0 bridgehead atoms. The molecule has 27 heavy (non-hydrogen) atoms. The van der Waals surface area contributed by atoms with Crippen LogP contribution in [0.1, 0.15) is 20.9 Å². The summed E-state index contributed by atoms with van der Waals surface area (Å²) in [5.74, 6) is -0.349. The molecule has 1 N–H and O–H groups in total. The van der Waals surface area contributed by atoms with Crippen molar-refractivity contribution < 1.29 is 23.5 Å². The SMILES string of the molecule is COC(=O)c1cccc(NCC(=O)N2CCN(C(=O)c3ccco3)CC2)c1. The van der Waals surface area contributed by atoms with E-state index < -0.39 is 5.97 Å². The second-order valence-electron chi connectivity index (χ2n) is 6.08. The van der Waals surface area contributed by atoms with Gasteiger partial charge >= 0.3 is 5.97 Å². The molecule has 1 aromatic heterocycles. The van der Waals surface area contributed by atoms with Crippen molar-refractivity contribution in [2.75, 3.05) is 45.2 Å². The van der Waals surface area contributed by atoms with Crippen LogP contribution in [0.4, 0.5) is 5.69 Å². The Kier molecular flexibility index (Phi) is 5.75. The summed E-state index contributed by atoms with van der Waals surface area (Å²) in [7, 11) is 1.32. The lowest BCUT2D eigenvalue weighted by Gasteiger charge is -2.34. The van der Waals surface area contributed by atoms with Crippen molar-refractivity contribution in [1.82, 2.24) is 9.80 Å². The molecule has 1 aromatic carbocycles. The van der Waals surface area contributed by atoms with Crippen LogP contribution in [0.3, 0.4) is 0 Å². The van der Waals surface area contributed by atoms with Crippen molar-refractivity contribution in [2.45, 2.75) is 0 Å². The molecule has 1 saturated heterocycles. The van der Waals surface area contributed by atoms with E-state index in [4.69, 9.17) is 4.42 Å². The fourth-order valence-electron chi connectivity index (χ4n) is 2.88. The standard InChI is InChI=1S/C19H21N3O5/c1-26-19(25)14-4-2-5-15(12-14)20-13-17(23)21-7-9-22(10-8-21)18(24)16-6-3-11-27-16/h2-6,11-12,20H,7-10,13H2,1H3. The fourth-order valence-corrected chi connectivity index (χ4v) is 2.88. The van der Waals surface area contributed by atoms with Crippen molar-refractivity contribution in [1.29, 1.82) is 0 Å². The van der Waals surface area contributed by atoms with E-state index in [0.29, 0.717) is 43.2 Å². The Hall–Kier alpha value is -3.29. The fraction of sp³-hybridized carbons (Fsp3) is 0.316. The van der Waals surface area contributed by atoms with Crippen molar-refractivity contribution in [2.24, 2.45) is 0 Å². The Labute approximate surface area is 156 Å². The van der Waals surface area contributed by atoms with Crippen LogP contribution in [0.5, 0.6) is 0 Å². The van der Waals surface area contributed by atoms with Gasteiger partial charge in [0.1, 0.15) is 0 Å². The summed E-state index contributed by atoms with van der Waals surface area (Å²) in [5.41, 5.74) is 1.08. The summed E-state index contributed by atoms with van der Waals surface area (Å²) in [6, 6.07) is 10.1. The molecule has 0 saturated carbocycles. The highest BCUT2D eigenvalue weighted by Gasteiger charge is 2.25. The Morgan fingerprint density at radius 3 is 2.48 bits per heavy atom. The van der Waals surface area contributed by atoms with Crippen LogP contribution in [0, 0.1) is 0 Å². The van der Waals surface area contributed by atoms with Crippen molar-refractivity contribution in [3.8, 4) is 0 Å². The van der Waals surface area contributed by atoms with Crippen LogP contribution >= 0.6 is 0 Å². The number of esters is 1. The minimum Gasteiger partial charge on any atom is -0.465 e. The van der Waals surface area contributed by atoms with Crippen molar-refractivity contribution in [3.63, 3.8) is 0 Å². The van der Waals surface area contributed by atoms with Gasteiger partial charge < -0.3 is 24.3 Å². The van der Waals surface area contributed by atoms with Crippen LogP contribution in [0.25, 0.3) is 0 Å².